The van der Waals surface area contributed by atoms with Crippen LogP contribution in [0, 0.1) is 6.92 Å². The standard InChI is InChI=1S/C32H36N2O4/c1-23-8-7-11-26(18-23)21-34(31(35)17-15-25-14-16-29-30(20-25)38-22-37-29)28(19-24-9-3-2-4-10-24)32(36)33-27-12-5-6-13-27/h2-4,7-11,14,16,18,20,27-28H,5-6,12-13,15,17,19,21-22H2,1H3,(H,33,36). The first-order chi connectivity index (χ1) is 18.5. The van der Waals surface area contributed by atoms with Crippen LogP contribution in [-0.4, -0.2) is 35.6 Å². The summed E-state index contributed by atoms with van der Waals surface area (Å²) < 4.78 is 10.9. The Kier molecular flexibility index (Phi) is 8.27. The van der Waals surface area contributed by atoms with Crippen molar-refractivity contribution in [1.82, 2.24) is 10.2 Å². The van der Waals surface area contributed by atoms with Gasteiger partial charge in [-0.1, -0.05) is 79.1 Å². The van der Waals surface area contributed by atoms with E-state index < -0.39 is 6.04 Å². The third-order valence-corrected chi connectivity index (χ3v) is 7.47. The summed E-state index contributed by atoms with van der Waals surface area (Å²) in [5.41, 5.74) is 4.20. The number of ether oxygens (including phenoxy) is 2. The van der Waals surface area contributed by atoms with E-state index in [-0.39, 0.29) is 24.6 Å². The first kappa shape index (κ1) is 25.8. The summed E-state index contributed by atoms with van der Waals surface area (Å²) in [4.78, 5) is 29.5. The van der Waals surface area contributed by atoms with Crippen molar-refractivity contribution in [2.24, 2.45) is 0 Å². The van der Waals surface area contributed by atoms with Crippen molar-refractivity contribution in [3.05, 3.63) is 95.1 Å². The summed E-state index contributed by atoms with van der Waals surface area (Å²) in [5, 5.41) is 3.27. The molecule has 38 heavy (non-hydrogen) atoms. The van der Waals surface area contributed by atoms with E-state index in [0.29, 0.717) is 31.6 Å². The van der Waals surface area contributed by atoms with Crippen LogP contribution in [0.5, 0.6) is 11.5 Å². The van der Waals surface area contributed by atoms with Crippen LogP contribution in [0.3, 0.4) is 0 Å². The summed E-state index contributed by atoms with van der Waals surface area (Å²) in [6.07, 6.45) is 5.60. The maximum absolute atomic E-state index is 13.9. The Labute approximate surface area is 225 Å². The molecular weight excluding hydrogens is 476 g/mol. The van der Waals surface area contributed by atoms with Crippen LogP contribution >= 0.6 is 0 Å². The molecule has 1 heterocycles. The summed E-state index contributed by atoms with van der Waals surface area (Å²) in [7, 11) is 0. The number of aryl methyl sites for hydroxylation is 2. The highest BCUT2D eigenvalue weighted by atomic mass is 16.7. The fourth-order valence-electron chi connectivity index (χ4n) is 5.42. The number of hydrogen-bond donors (Lipinski definition) is 1. The van der Waals surface area contributed by atoms with Gasteiger partial charge in [0.15, 0.2) is 11.5 Å². The number of hydrogen-bond acceptors (Lipinski definition) is 4. The van der Waals surface area contributed by atoms with Gasteiger partial charge in [-0.15, -0.1) is 0 Å². The molecule has 6 nitrogen and oxygen atoms in total. The predicted molar refractivity (Wildman–Crippen MR) is 147 cm³/mol. The smallest absolute Gasteiger partial charge is 0.243 e. The number of carbonyl (C=O) groups is 2. The molecule has 0 bridgehead atoms. The predicted octanol–water partition coefficient (Wildman–Crippen LogP) is 5.36. The molecule has 1 unspecified atom stereocenters. The second-order valence-electron chi connectivity index (χ2n) is 10.4. The minimum absolute atomic E-state index is 0.0355. The fraction of sp³-hybridized carbons (Fsp3) is 0.375. The number of fused-ring (bicyclic) bond motifs is 1. The molecule has 5 rings (SSSR count). The number of nitrogens with one attached hydrogen (secondary N) is 1. The molecule has 2 aliphatic rings. The SMILES string of the molecule is Cc1cccc(CN(C(=O)CCc2ccc3c(c2)OCO3)C(Cc2ccccc2)C(=O)NC2CCCC2)c1. The molecule has 0 radical (unpaired) electrons. The zero-order chi connectivity index (χ0) is 26.3. The number of amides is 2. The van der Waals surface area contributed by atoms with Gasteiger partial charge in [0.05, 0.1) is 0 Å². The van der Waals surface area contributed by atoms with Crippen molar-refractivity contribution in [2.75, 3.05) is 6.79 Å². The number of nitrogens with zero attached hydrogens (tertiary/aromatic N) is 1. The Morgan fingerprint density at radius 2 is 1.66 bits per heavy atom. The van der Waals surface area contributed by atoms with Crippen molar-refractivity contribution >= 4 is 11.8 Å². The topological polar surface area (TPSA) is 67.9 Å². The Morgan fingerprint density at radius 1 is 0.895 bits per heavy atom. The Bertz CT molecular complexity index is 1250. The lowest BCUT2D eigenvalue weighted by molar-refractivity contribution is -0.141. The molecule has 1 N–H and O–H groups in total. The quantitative estimate of drug-likeness (QED) is 0.397. The molecule has 0 saturated heterocycles. The molecule has 198 valence electrons. The molecule has 1 aliphatic carbocycles. The van der Waals surface area contributed by atoms with Gasteiger partial charge in [-0.2, -0.15) is 0 Å². The Morgan fingerprint density at radius 3 is 2.45 bits per heavy atom. The van der Waals surface area contributed by atoms with E-state index in [9.17, 15) is 9.59 Å². The molecule has 1 atom stereocenters. The van der Waals surface area contributed by atoms with Crippen molar-refractivity contribution in [2.45, 2.75) is 70.5 Å². The molecule has 6 heteroatoms. The van der Waals surface area contributed by atoms with Crippen LogP contribution in [0.2, 0.25) is 0 Å². The highest BCUT2D eigenvalue weighted by Crippen LogP contribution is 2.33. The molecule has 1 saturated carbocycles. The summed E-state index contributed by atoms with van der Waals surface area (Å²) in [6, 6.07) is 23.5. The Hall–Kier alpha value is -3.80. The van der Waals surface area contributed by atoms with Crippen molar-refractivity contribution < 1.29 is 19.1 Å². The minimum Gasteiger partial charge on any atom is -0.454 e. The third kappa shape index (κ3) is 6.55. The summed E-state index contributed by atoms with van der Waals surface area (Å²) in [6.45, 7) is 2.65. The average Bonchev–Trinajstić information content (AvgIpc) is 3.61. The van der Waals surface area contributed by atoms with Crippen molar-refractivity contribution in [3.8, 4) is 11.5 Å². The van der Waals surface area contributed by atoms with Crippen LogP contribution in [-0.2, 0) is 29.0 Å². The maximum atomic E-state index is 13.9. The third-order valence-electron chi connectivity index (χ3n) is 7.47. The molecule has 3 aromatic rings. The lowest BCUT2D eigenvalue weighted by Crippen LogP contribution is -2.52. The molecular formula is C32H36N2O4. The van der Waals surface area contributed by atoms with E-state index in [2.05, 4.69) is 11.4 Å². The van der Waals surface area contributed by atoms with Gasteiger partial charge in [0, 0.05) is 25.4 Å². The highest BCUT2D eigenvalue weighted by Gasteiger charge is 2.32. The average molecular weight is 513 g/mol. The second-order valence-corrected chi connectivity index (χ2v) is 10.4. The van der Waals surface area contributed by atoms with Gasteiger partial charge in [0.25, 0.3) is 0 Å². The van der Waals surface area contributed by atoms with Crippen molar-refractivity contribution in [3.63, 3.8) is 0 Å². The molecule has 0 spiro atoms. The first-order valence-corrected chi connectivity index (χ1v) is 13.6. The lowest BCUT2D eigenvalue weighted by atomic mass is 10.0. The van der Waals surface area contributed by atoms with Gasteiger partial charge >= 0.3 is 0 Å². The van der Waals surface area contributed by atoms with Crippen LogP contribution < -0.4 is 14.8 Å². The van der Waals surface area contributed by atoms with E-state index >= 15 is 0 Å². The number of carbonyl (C=O) groups excluding carboxylic acids is 2. The minimum atomic E-state index is -0.595. The maximum Gasteiger partial charge on any atom is 0.243 e. The van der Waals surface area contributed by atoms with E-state index in [1.807, 2.05) is 73.7 Å². The molecule has 1 fully saturated rings. The van der Waals surface area contributed by atoms with Crippen LogP contribution in [0.4, 0.5) is 0 Å². The highest BCUT2D eigenvalue weighted by molar-refractivity contribution is 5.88. The normalized spacial score (nSPS) is 15.3. The van der Waals surface area contributed by atoms with E-state index in [1.165, 1.54) is 0 Å². The van der Waals surface area contributed by atoms with Gasteiger partial charge in [-0.3, -0.25) is 9.59 Å². The van der Waals surface area contributed by atoms with Crippen molar-refractivity contribution in [1.29, 1.82) is 0 Å². The van der Waals surface area contributed by atoms with Crippen LogP contribution in [0.1, 0.15) is 54.4 Å². The van der Waals surface area contributed by atoms with E-state index in [4.69, 9.17) is 9.47 Å². The summed E-state index contributed by atoms with van der Waals surface area (Å²) >= 11 is 0. The van der Waals surface area contributed by atoms with Crippen LogP contribution in [0.15, 0.2) is 72.8 Å². The second kappa shape index (κ2) is 12.2. The first-order valence-electron chi connectivity index (χ1n) is 13.6. The largest absolute Gasteiger partial charge is 0.454 e. The van der Waals surface area contributed by atoms with Crippen LogP contribution in [0.25, 0.3) is 0 Å². The van der Waals surface area contributed by atoms with Gasteiger partial charge in [0.1, 0.15) is 6.04 Å². The molecule has 1 aliphatic heterocycles. The van der Waals surface area contributed by atoms with Gasteiger partial charge in [-0.25, -0.2) is 0 Å². The fourth-order valence-corrected chi connectivity index (χ4v) is 5.42. The Balaban J connectivity index is 1.40. The number of rotatable bonds is 10. The molecule has 0 aromatic heterocycles. The zero-order valence-corrected chi connectivity index (χ0v) is 22.0. The van der Waals surface area contributed by atoms with Gasteiger partial charge in [0.2, 0.25) is 18.6 Å². The monoisotopic (exact) mass is 512 g/mol. The molecule has 3 aromatic carbocycles. The van der Waals surface area contributed by atoms with Gasteiger partial charge < -0.3 is 19.7 Å². The van der Waals surface area contributed by atoms with E-state index in [1.54, 1.807) is 4.90 Å². The van der Waals surface area contributed by atoms with E-state index in [0.717, 1.165) is 53.7 Å². The lowest BCUT2D eigenvalue weighted by Gasteiger charge is -2.32. The molecule has 2 amide bonds. The van der Waals surface area contributed by atoms with Gasteiger partial charge in [-0.05, 0) is 55.0 Å². The zero-order valence-electron chi connectivity index (χ0n) is 22.0. The number of benzene rings is 3. The summed E-state index contributed by atoms with van der Waals surface area (Å²) in [5.74, 6) is 1.34.